The summed E-state index contributed by atoms with van der Waals surface area (Å²) in [5.41, 5.74) is 3.68. The molecule has 0 fully saturated rings. The van der Waals surface area contributed by atoms with Gasteiger partial charge in [-0.05, 0) is 48.0 Å². The summed E-state index contributed by atoms with van der Waals surface area (Å²) in [5.74, 6) is 1.40. The van der Waals surface area contributed by atoms with Crippen molar-refractivity contribution in [3.63, 3.8) is 0 Å². The monoisotopic (exact) mass is 265 g/mol. The highest BCUT2D eigenvalue weighted by Gasteiger charge is 1.96. The van der Waals surface area contributed by atoms with Crippen molar-refractivity contribution in [1.29, 1.82) is 0 Å². The second-order valence-corrected chi connectivity index (χ2v) is 4.63. The van der Waals surface area contributed by atoms with Crippen LogP contribution in [0, 0.1) is 5.92 Å². The van der Waals surface area contributed by atoms with E-state index in [1.807, 2.05) is 24.3 Å². The molecule has 0 aliphatic rings. The van der Waals surface area contributed by atoms with Crippen LogP contribution in [0.15, 0.2) is 29.4 Å². The van der Waals surface area contributed by atoms with Crippen molar-refractivity contribution in [3.8, 4) is 5.75 Å². The van der Waals surface area contributed by atoms with Gasteiger partial charge in [0.2, 0.25) is 0 Å². The van der Waals surface area contributed by atoms with Crippen molar-refractivity contribution >= 4 is 23.5 Å². The third-order valence-electron chi connectivity index (χ3n) is 2.07. The van der Waals surface area contributed by atoms with Crippen LogP contribution in [0.1, 0.15) is 19.4 Å². The van der Waals surface area contributed by atoms with Gasteiger partial charge in [-0.25, -0.2) is 0 Å². The van der Waals surface area contributed by atoms with Gasteiger partial charge in [-0.15, -0.1) is 0 Å². The maximum absolute atomic E-state index is 5.59. The summed E-state index contributed by atoms with van der Waals surface area (Å²) >= 11 is 4.89. The molecule has 0 radical (unpaired) electrons. The Balaban J connectivity index is 2.47. The van der Waals surface area contributed by atoms with Crippen LogP contribution in [-0.2, 0) is 0 Å². The zero-order valence-corrected chi connectivity index (χ0v) is 11.8. The Morgan fingerprint density at radius 3 is 2.61 bits per heavy atom. The summed E-state index contributed by atoms with van der Waals surface area (Å²) in [6.45, 7) is 4.97. The normalized spacial score (nSPS) is 10.7. The van der Waals surface area contributed by atoms with Crippen LogP contribution in [0.2, 0.25) is 0 Å². The van der Waals surface area contributed by atoms with E-state index < -0.39 is 0 Å². The molecule has 2 N–H and O–H groups in total. The highest BCUT2D eigenvalue weighted by atomic mass is 32.1. The van der Waals surface area contributed by atoms with Crippen LogP contribution >= 0.6 is 12.2 Å². The van der Waals surface area contributed by atoms with Gasteiger partial charge in [-0.1, -0.05) is 13.8 Å². The van der Waals surface area contributed by atoms with E-state index in [-0.39, 0.29) is 0 Å². The van der Waals surface area contributed by atoms with Crippen LogP contribution < -0.4 is 15.5 Å². The van der Waals surface area contributed by atoms with Gasteiger partial charge >= 0.3 is 0 Å². The molecule has 1 aromatic carbocycles. The number of hydrogen-bond donors (Lipinski definition) is 2. The van der Waals surface area contributed by atoms with Crippen LogP contribution in [-0.4, -0.2) is 25.0 Å². The number of hydrogen-bond acceptors (Lipinski definition) is 3. The summed E-state index contributed by atoms with van der Waals surface area (Å²) in [6, 6.07) is 7.76. The molecule has 0 unspecified atom stereocenters. The summed E-state index contributed by atoms with van der Waals surface area (Å²) in [6.07, 6.45) is 1.70. The van der Waals surface area contributed by atoms with Crippen LogP contribution in [0.3, 0.4) is 0 Å². The van der Waals surface area contributed by atoms with Gasteiger partial charge in [0.15, 0.2) is 5.11 Å². The minimum Gasteiger partial charge on any atom is -0.493 e. The minimum atomic E-state index is 0.489. The molecule has 0 aromatic heterocycles. The number of benzene rings is 1. The lowest BCUT2D eigenvalue weighted by molar-refractivity contribution is 0.271. The summed E-state index contributed by atoms with van der Waals surface area (Å²) in [5, 5.41) is 7.26. The standard InChI is InChI=1S/C13H19N3OS/c1-10(2)9-17-12-6-4-11(5-7-12)8-15-16-13(18)14-3/h4-8,10H,9H2,1-3H3,(H2,14,16,18). The Kier molecular flexibility index (Phi) is 6.14. The molecule has 0 atom stereocenters. The van der Waals surface area contributed by atoms with Crippen LogP contribution in [0.4, 0.5) is 0 Å². The van der Waals surface area contributed by atoms with E-state index in [0.717, 1.165) is 17.9 Å². The maximum atomic E-state index is 5.59. The van der Waals surface area contributed by atoms with Crippen molar-refractivity contribution in [1.82, 2.24) is 10.7 Å². The molecule has 4 nitrogen and oxygen atoms in total. The fourth-order valence-electron chi connectivity index (χ4n) is 1.13. The Labute approximate surface area is 113 Å². The van der Waals surface area contributed by atoms with Crippen molar-refractivity contribution < 1.29 is 4.74 Å². The predicted octanol–water partition coefficient (Wildman–Crippen LogP) is 2.15. The fourth-order valence-corrected chi connectivity index (χ4v) is 1.19. The minimum absolute atomic E-state index is 0.489. The van der Waals surface area contributed by atoms with Gasteiger partial charge in [0.05, 0.1) is 12.8 Å². The smallest absolute Gasteiger partial charge is 0.186 e. The number of nitrogens with one attached hydrogen (secondary N) is 2. The van der Waals surface area contributed by atoms with Gasteiger partial charge in [0, 0.05) is 7.05 Å². The van der Waals surface area contributed by atoms with Crippen LogP contribution in [0.25, 0.3) is 0 Å². The van der Waals surface area contributed by atoms with Gasteiger partial charge in [-0.3, -0.25) is 5.43 Å². The van der Waals surface area contributed by atoms with Crippen molar-refractivity contribution in [2.24, 2.45) is 11.0 Å². The molecule has 1 rings (SSSR count). The molecule has 18 heavy (non-hydrogen) atoms. The zero-order chi connectivity index (χ0) is 13.4. The first-order valence-electron chi connectivity index (χ1n) is 5.85. The molecule has 0 aliphatic carbocycles. The Bertz CT molecular complexity index is 401. The molecule has 0 heterocycles. The number of ether oxygens (including phenoxy) is 1. The maximum Gasteiger partial charge on any atom is 0.186 e. The topological polar surface area (TPSA) is 45.7 Å². The molecular formula is C13H19N3OS. The second-order valence-electron chi connectivity index (χ2n) is 4.22. The lowest BCUT2D eigenvalue weighted by Crippen LogP contribution is -2.28. The van der Waals surface area contributed by atoms with Crippen LogP contribution in [0.5, 0.6) is 5.75 Å². The Morgan fingerprint density at radius 1 is 1.39 bits per heavy atom. The summed E-state index contributed by atoms with van der Waals surface area (Å²) < 4.78 is 5.59. The largest absolute Gasteiger partial charge is 0.493 e. The molecule has 0 aliphatic heterocycles. The molecule has 0 amide bonds. The summed E-state index contributed by atoms with van der Waals surface area (Å²) in [7, 11) is 1.74. The highest BCUT2D eigenvalue weighted by molar-refractivity contribution is 7.80. The molecule has 0 bridgehead atoms. The van der Waals surface area contributed by atoms with Gasteiger partial charge in [-0.2, -0.15) is 5.10 Å². The second kappa shape index (κ2) is 7.66. The van der Waals surface area contributed by atoms with Crippen molar-refractivity contribution in [2.45, 2.75) is 13.8 Å². The highest BCUT2D eigenvalue weighted by Crippen LogP contribution is 2.12. The molecule has 0 saturated carbocycles. The van der Waals surface area contributed by atoms with Gasteiger partial charge in [0.1, 0.15) is 5.75 Å². The molecule has 1 aromatic rings. The first-order chi connectivity index (χ1) is 8.61. The lowest BCUT2D eigenvalue weighted by Gasteiger charge is -2.08. The third-order valence-corrected chi connectivity index (χ3v) is 2.37. The van der Waals surface area contributed by atoms with Crippen molar-refractivity contribution in [3.05, 3.63) is 29.8 Å². The SMILES string of the molecule is CNC(=S)NN=Cc1ccc(OCC(C)C)cc1. The van der Waals surface area contributed by atoms with E-state index in [4.69, 9.17) is 17.0 Å². The third kappa shape index (κ3) is 5.63. The zero-order valence-electron chi connectivity index (χ0n) is 10.9. The Morgan fingerprint density at radius 2 is 2.06 bits per heavy atom. The van der Waals surface area contributed by atoms with E-state index in [1.54, 1.807) is 13.3 Å². The fraction of sp³-hybridized carbons (Fsp3) is 0.385. The number of nitrogens with zero attached hydrogens (tertiary/aromatic N) is 1. The Hall–Kier alpha value is -1.62. The van der Waals surface area contributed by atoms with E-state index in [1.165, 1.54) is 0 Å². The average Bonchev–Trinajstić information content (AvgIpc) is 2.37. The van der Waals surface area contributed by atoms with Gasteiger partial charge in [0.25, 0.3) is 0 Å². The van der Waals surface area contributed by atoms with E-state index in [2.05, 4.69) is 29.7 Å². The first kappa shape index (κ1) is 14.4. The lowest BCUT2D eigenvalue weighted by atomic mass is 10.2. The molecule has 0 spiro atoms. The number of thiocarbonyl (C=S) groups is 1. The number of hydrazone groups is 1. The molecule has 5 heteroatoms. The predicted molar refractivity (Wildman–Crippen MR) is 79.2 cm³/mol. The van der Waals surface area contributed by atoms with E-state index in [0.29, 0.717) is 11.0 Å². The summed E-state index contributed by atoms with van der Waals surface area (Å²) in [4.78, 5) is 0. The van der Waals surface area contributed by atoms with Crippen molar-refractivity contribution in [2.75, 3.05) is 13.7 Å². The van der Waals surface area contributed by atoms with E-state index >= 15 is 0 Å². The first-order valence-corrected chi connectivity index (χ1v) is 6.26. The van der Waals surface area contributed by atoms with E-state index in [9.17, 15) is 0 Å². The molecular weight excluding hydrogens is 246 g/mol. The molecule has 98 valence electrons. The number of rotatable bonds is 5. The van der Waals surface area contributed by atoms with Gasteiger partial charge < -0.3 is 10.1 Å². The average molecular weight is 265 g/mol. The molecule has 0 saturated heterocycles. The quantitative estimate of drug-likeness (QED) is 0.486.